The zero-order valence-electron chi connectivity index (χ0n) is 27.1. The molecule has 0 radical (unpaired) electrons. The second-order valence-corrected chi connectivity index (χ2v) is 12.7. The molecule has 4 aromatic heterocycles. The zero-order chi connectivity index (χ0) is 33.0. The number of rotatable bonds is 5. The minimum absolute atomic E-state index is 0.862. The first-order valence-electron chi connectivity index (χ1n) is 16.9. The Labute approximate surface area is 289 Å². The number of fused-ring (bicyclic) bond motifs is 6. The average Bonchev–Trinajstić information content (AvgIpc) is 3.71. The Hall–Kier alpha value is -6.78. The highest BCUT2D eigenvalue weighted by Crippen LogP contribution is 2.38. The van der Waals surface area contributed by atoms with Gasteiger partial charge in [-0.15, -0.1) is 0 Å². The standard InChI is InChI=1S/C46H30N4/c1-4-12-31(13-5-1)35-28-41(32-14-6-2-7-15-32)48-46(29-35)50-44-23-21-34(27-40(44)38-24-25-47-30-45(38)50)33-20-22-43-39(26-33)37-18-10-11-19-42(37)49(43)36-16-8-3-9-17-36/h1-30H. The van der Waals surface area contributed by atoms with Crippen molar-refractivity contribution >= 4 is 43.6 Å². The van der Waals surface area contributed by atoms with Gasteiger partial charge in [0.2, 0.25) is 0 Å². The van der Waals surface area contributed by atoms with Gasteiger partial charge in [0.05, 0.1) is 34.0 Å². The van der Waals surface area contributed by atoms with Crippen LogP contribution in [0.15, 0.2) is 182 Å². The van der Waals surface area contributed by atoms with Gasteiger partial charge in [-0.3, -0.25) is 9.55 Å². The molecule has 0 saturated heterocycles. The Balaban J connectivity index is 1.17. The molecule has 0 atom stereocenters. The summed E-state index contributed by atoms with van der Waals surface area (Å²) in [5, 5.41) is 4.80. The minimum Gasteiger partial charge on any atom is -0.309 e. The lowest BCUT2D eigenvalue weighted by Gasteiger charge is -2.13. The maximum atomic E-state index is 5.28. The number of benzene rings is 6. The molecule has 4 nitrogen and oxygen atoms in total. The summed E-state index contributed by atoms with van der Waals surface area (Å²) >= 11 is 0. The number of hydrogen-bond donors (Lipinski definition) is 0. The molecule has 0 fully saturated rings. The van der Waals surface area contributed by atoms with Gasteiger partial charge in [0.15, 0.2) is 0 Å². The van der Waals surface area contributed by atoms with Crippen molar-refractivity contribution in [3.8, 4) is 45.0 Å². The fraction of sp³-hybridized carbons (Fsp3) is 0. The molecule has 4 heteroatoms. The van der Waals surface area contributed by atoms with E-state index < -0.39 is 0 Å². The molecule has 0 unspecified atom stereocenters. The second kappa shape index (κ2) is 11.4. The Morgan fingerprint density at radius 3 is 1.66 bits per heavy atom. The van der Waals surface area contributed by atoms with Gasteiger partial charge in [0.25, 0.3) is 0 Å². The third-order valence-corrected chi connectivity index (χ3v) is 9.81. The molecule has 0 N–H and O–H groups in total. The van der Waals surface area contributed by atoms with Gasteiger partial charge in [-0.2, -0.15) is 0 Å². The quantitative estimate of drug-likeness (QED) is 0.188. The molecule has 50 heavy (non-hydrogen) atoms. The highest BCUT2D eigenvalue weighted by molar-refractivity contribution is 6.12. The van der Waals surface area contributed by atoms with Gasteiger partial charge < -0.3 is 4.57 Å². The topological polar surface area (TPSA) is 35.6 Å². The van der Waals surface area contributed by atoms with E-state index in [-0.39, 0.29) is 0 Å². The van der Waals surface area contributed by atoms with Crippen LogP contribution in [0.1, 0.15) is 0 Å². The second-order valence-electron chi connectivity index (χ2n) is 12.7. The van der Waals surface area contributed by atoms with Crippen molar-refractivity contribution in [3.05, 3.63) is 182 Å². The van der Waals surface area contributed by atoms with E-state index in [1.54, 1.807) is 0 Å². The van der Waals surface area contributed by atoms with Gasteiger partial charge in [-0.05, 0) is 82.9 Å². The summed E-state index contributed by atoms with van der Waals surface area (Å²) in [4.78, 5) is 9.85. The molecular formula is C46H30N4. The van der Waals surface area contributed by atoms with Crippen molar-refractivity contribution in [3.63, 3.8) is 0 Å². The molecule has 0 bridgehead atoms. The predicted octanol–water partition coefficient (Wildman–Crippen LogP) is 11.7. The van der Waals surface area contributed by atoms with Crippen LogP contribution in [0.3, 0.4) is 0 Å². The Kier molecular flexibility index (Phi) is 6.46. The van der Waals surface area contributed by atoms with Crippen molar-refractivity contribution in [1.29, 1.82) is 0 Å². The van der Waals surface area contributed by atoms with Gasteiger partial charge in [0.1, 0.15) is 5.82 Å². The number of hydrogen-bond acceptors (Lipinski definition) is 2. The largest absolute Gasteiger partial charge is 0.309 e. The number of para-hydroxylation sites is 2. The van der Waals surface area contributed by atoms with Crippen LogP contribution in [0, 0.1) is 0 Å². The van der Waals surface area contributed by atoms with E-state index in [0.29, 0.717) is 0 Å². The summed E-state index contributed by atoms with van der Waals surface area (Å²) in [6.45, 7) is 0. The van der Waals surface area contributed by atoms with Crippen molar-refractivity contribution in [2.45, 2.75) is 0 Å². The lowest BCUT2D eigenvalue weighted by molar-refractivity contribution is 1.08. The first-order valence-corrected chi connectivity index (χ1v) is 16.9. The summed E-state index contributed by atoms with van der Waals surface area (Å²) in [6, 6.07) is 60.4. The van der Waals surface area contributed by atoms with Crippen LogP contribution in [0.25, 0.3) is 88.6 Å². The number of pyridine rings is 2. The zero-order valence-corrected chi connectivity index (χ0v) is 27.1. The molecule has 10 rings (SSSR count). The Morgan fingerprint density at radius 2 is 0.940 bits per heavy atom. The van der Waals surface area contributed by atoms with Gasteiger partial charge in [-0.25, -0.2) is 4.98 Å². The molecule has 0 aliphatic rings. The van der Waals surface area contributed by atoms with E-state index in [1.165, 1.54) is 38.3 Å². The molecule has 0 saturated carbocycles. The molecule has 0 amide bonds. The van der Waals surface area contributed by atoms with Crippen molar-refractivity contribution < 1.29 is 0 Å². The average molecular weight is 639 g/mol. The van der Waals surface area contributed by atoms with Crippen molar-refractivity contribution in [2.24, 2.45) is 0 Å². The van der Waals surface area contributed by atoms with E-state index in [9.17, 15) is 0 Å². The monoisotopic (exact) mass is 638 g/mol. The lowest BCUT2D eigenvalue weighted by atomic mass is 10.0. The SMILES string of the molecule is c1ccc(-c2cc(-c3ccccc3)nc(-n3c4ccc(-c5ccc6c(c5)c5ccccc5n6-c5ccccc5)cc4c4ccncc43)c2)cc1. The molecule has 6 aromatic carbocycles. The number of aromatic nitrogens is 4. The number of nitrogens with zero attached hydrogens (tertiary/aromatic N) is 4. The third kappa shape index (κ3) is 4.54. The molecule has 10 aromatic rings. The van der Waals surface area contributed by atoms with Crippen LogP contribution in [-0.2, 0) is 0 Å². The van der Waals surface area contributed by atoms with E-state index in [4.69, 9.17) is 4.98 Å². The fourth-order valence-electron chi connectivity index (χ4n) is 7.49. The van der Waals surface area contributed by atoms with Crippen LogP contribution < -0.4 is 0 Å². The van der Waals surface area contributed by atoms with Crippen LogP contribution in [0.4, 0.5) is 0 Å². The van der Waals surface area contributed by atoms with E-state index >= 15 is 0 Å². The maximum Gasteiger partial charge on any atom is 0.138 e. The van der Waals surface area contributed by atoms with Gasteiger partial charge >= 0.3 is 0 Å². The van der Waals surface area contributed by atoms with Gasteiger partial charge in [0, 0.05) is 39.0 Å². The predicted molar refractivity (Wildman–Crippen MR) is 207 cm³/mol. The molecule has 234 valence electrons. The van der Waals surface area contributed by atoms with Crippen LogP contribution in [0.5, 0.6) is 0 Å². The smallest absolute Gasteiger partial charge is 0.138 e. The van der Waals surface area contributed by atoms with Crippen molar-refractivity contribution in [1.82, 2.24) is 19.1 Å². The maximum absolute atomic E-state index is 5.28. The van der Waals surface area contributed by atoms with E-state index in [2.05, 4.69) is 178 Å². The molecule has 4 heterocycles. The highest BCUT2D eigenvalue weighted by atomic mass is 15.1. The summed E-state index contributed by atoms with van der Waals surface area (Å²) in [5.41, 5.74) is 12.3. The van der Waals surface area contributed by atoms with E-state index in [0.717, 1.165) is 50.3 Å². The summed E-state index contributed by atoms with van der Waals surface area (Å²) in [6.07, 6.45) is 3.84. The first-order chi connectivity index (χ1) is 24.8. The summed E-state index contributed by atoms with van der Waals surface area (Å²) in [5.74, 6) is 0.862. The van der Waals surface area contributed by atoms with Crippen LogP contribution >= 0.6 is 0 Å². The molecule has 0 aliphatic carbocycles. The van der Waals surface area contributed by atoms with Crippen molar-refractivity contribution in [2.75, 3.05) is 0 Å². The summed E-state index contributed by atoms with van der Waals surface area (Å²) in [7, 11) is 0. The van der Waals surface area contributed by atoms with E-state index in [1.807, 2.05) is 18.5 Å². The molecule has 0 spiro atoms. The Morgan fingerprint density at radius 1 is 0.360 bits per heavy atom. The first kappa shape index (κ1) is 28.3. The van der Waals surface area contributed by atoms with Gasteiger partial charge in [-0.1, -0.05) is 109 Å². The third-order valence-electron chi connectivity index (χ3n) is 9.81. The fourth-order valence-corrected chi connectivity index (χ4v) is 7.49. The Bertz CT molecular complexity index is 2790. The molecule has 0 aliphatic heterocycles. The lowest BCUT2D eigenvalue weighted by Crippen LogP contribution is -2.00. The van der Waals surface area contributed by atoms with Crippen LogP contribution in [0.2, 0.25) is 0 Å². The highest BCUT2D eigenvalue weighted by Gasteiger charge is 2.18. The normalized spacial score (nSPS) is 11.6. The minimum atomic E-state index is 0.862. The summed E-state index contributed by atoms with van der Waals surface area (Å²) < 4.78 is 4.62. The van der Waals surface area contributed by atoms with Crippen LogP contribution in [-0.4, -0.2) is 19.1 Å². The molecular weight excluding hydrogens is 609 g/mol.